The lowest BCUT2D eigenvalue weighted by Crippen LogP contribution is -2.33. The van der Waals surface area contributed by atoms with Crippen molar-refractivity contribution in [1.82, 2.24) is 10.3 Å². The molecule has 1 amide bonds. The summed E-state index contributed by atoms with van der Waals surface area (Å²) in [6.07, 6.45) is 1.17. The monoisotopic (exact) mass is 408 g/mol. The Kier molecular flexibility index (Phi) is 6.98. The van der Waals surface area contributed by atoms with Crippen molar-refractivity contribution in [1.29, 1.82) is 0 Å². The molecular weight excluding hydrogens is 384 g/mol. The molecule has 30 heavy (non-hydrogen) atoms. The normalized spacial score (nSPS) is 11.8. The molecule has 3 rings (SSSR count). The number of rotatable bonds is 8. The summed E-state index contributed by atoms with van der Waals surface area (Å²) in [5.74, 6) is -0.0960. The van der Waals surface area contributed by atoms with E-state index in [0.717, 1.165) is 12.8 Å². The van der Waals surface area contributed by atoms with E-state index in [1.54, 1.807) is 19.1 Å². The largest absolute Gasteiger partial charge is 0.427 e. The zero-order valence-corrected chi connectivity index (χ0v) is 16.7. The lowest BCUT2D eigenvalue weighted by molar-refractivity contribution is 0.0909. The lowest BCUT2D eigenvalue weighted by atomic mass is 10.1. The van der Waals surface area contributed by atoms with Crippen LogP contribution in [0, 0.1) is 6.92 Å². The van der Waals surface area contributed by atoms with Gasteiger partial charge in [-0.1, -0.05) is 36.4 Å². The number of hydrogen-bond donors (Lipinski definition) is 3. The summed E-state index contributed by atoms with van der Waals surface area (Å²) < 4.78 is 5.33. The fourth-order valence-corrected chi connectivity index (χ4v) is 3.23. The summed E-state index contributed by atoms with van der Waals surface area (Å²) in [6, 6.07) is 16.1. The predicted molar refractivity (Wildman–Crippen MR) is 113 cm³/mol. The second kappa shape index (κ2) is 9.84. The van der Waals surface area contributed by atoms with E-state index < -0.39 is 17.6 Å². The lowest BCUT2D eigenvalue weighted by Gasteiger charge is -2.12. The van der Waals surface area contributed by atoms with Crippen LogP contribution in [0.3, 0.4) is 0 Å². The molecule has 0 saturated heterocycles. The maximum Gasteiger partial charge on any atom is 0.349 e. The smallest absolute Gasteiger partial charge is 0.349 e. The van der Waals surface area contributed by atoms with Gasteiger partial charge in [-0.2, -0.15) is 0 Å². The molecule has 156 valence electrons. The number of nitrogens with one attached hydrogen (secondary N) is 2. The number of H-pyrrole nitrogens is 1. The van der Waals surface area contributed by atoms with Crippen LogP contribution in [0.15, 0.2) is 68.6 Å². The number of hydrogen-bond acceptors (Lipinski definition) is 5. The van der Waals surface area contributed by atoms with Gasteiger partial charge in [0, 0.05) is 24.7 Å². The summed E-state index contributed by atoms with van der Waals surface area (Å²) in [6.45, 7) is 1.52. The van der Waals surface area contributed by atoms with E-state index in [1.165, 1.54) is 17.7 Å². The van der Waals surface area contributed by atoms with Gasteiger partial charge in [-0.05, 0) is 43.0 Å². The summed E-state index contributed by atoms with van der Waals surface area (Å²) in [4.78, 5) is 38.6. The highest BCUT2D eigenvalue weighted by molar-refractivity contribution is 5.95. The zero-order chi connectivity index (χ0) is 21.5. The predicted octanol–water partition coefficient (Wildman–Crippen LogP) is 2.28. The molecule has 0 aliphatic rings. The average molecular weight is 408 g/mol. The van der Waals surface area contributed by atoms with Crippen LogP contribution in [0.2, 0.25) is 0 Å². The van der Waals surface area contributed by atoms with Crippen LogP contribution in [-0.4, -0.2) is 22.5 Å². The van der Waals surface area contributed by atoms with Crippen LogP contribution in [-0.2, 0) is 12.8 Å². The second-order valence-electron chi connectivity index (χ2n) is 7.09. The number of aromatic amines is 1. The molecule has 2 aromatic heterocycles. The zero-order valence-electron chi connectivity index (χ0n) is 16.7. The summed E-state index contributed by atoms with van der Waals surface area (Å²) in [5.41, 5.74) is 0.866. The number of carbonyl (C=O) groups excluding carboxylic acids is 1. The van der Waals surface area contributed by atoms with Crippen molar-refractivity contribution in [3.63, 3.8) is 0 Å². The first-order chi connectivity index (χ1) is 14.4. The Morgan fingerprint density at radius 2 is 1.87 bits per heavy atom. The molecule has 0 aliphatic carbocycles. The maximum atomic E-state index is 12.4. The third-order valence-corrected chi connectivity index (χ3v) is 4.76. The molecule has 1 unspecified atom stereocenters. The van der Waals surface area contributed by atoms with Crippen molar-refractivity contribution in [2.45, 2.75) is 32.3 Å². The van der Waals surface area contributed by atoms with Crippen molar-refractivity contribution in [3.05, 3.63) is 104 Å². The van der Waals surface area contributed by atoms with Gasteiger partial charge >= 0.3 is 5.63 Å². The minimum absolute atomic E-state index is 0.0874. The molecule has 0 radical (unpaired) electrons. The van der Waals surface area contributed by atoms with Gasteiger partial charge in [-0.25, -0.2) is 4.79 Å². The van der Waals surface area contributed by atoms with E-state index in [1.807, 2.05) is 30.3 Å². The number of aliphatic hydroxyl groups excluding tert-OH is 1. The van der Waals surface area contributed by atoms with Crippen LogP contribution >= 0.6 is 0 Å². The van der Waals surface area contributed by atoms with E-state index in [0.29, 0.717) is 17.7 Å². The Hall–Kier alpha value is -3.45. The molecule has 3 aromatic rings. The highest BCUT2D eigenvalue weighted by atomic mass is 16.4. The van der Waals surface area contributed by atoms with E-state index in [2.05, 4.69) is 10.3 Å². The van der Waals surface area contributed by atoms with Crippen LogP contribution in [0.4, 0.5) is 0 Å². The number of aliphatic hydroxyl groups is 1. The molecule has 7 nitrogen and oxygen atoms in total. The van der Waals surface area contributed by atoms with Crippen LogP contribution in [0.1, 0.15) is 45.5 Å². The van der Waals surface area contributed by atoms with Crippen molar-refractivity contribution in [2.75, 3.05) is 6.54 Å². The van der Waals surface area contributed by atoms with Gasteiger partial charge < -0.3 is 19.8 Å². The molecule has 7 heteroatoms. The van der Waals surface area contributed by atoms with Crippen LogP contribution < -0.4 is 16.5 Å². The second-order valence-corrected chi connectivity index (χ2v) is 7.09. The Morgan fingerprint density at radius 3 is 2.57 bits per heavy atom. The fourth-order valence-electron chi connectivity index (χ4n) is 3.23. The van der Waals surface area contributed by atoms with Crippen molar-refractivity contribution >= 4 is 5.91 Å². The minimum Gasteiger partial charge on any atom is -0.427 e. The molecule has 1 aromatic carbocycles. The Morgan fingerprint density at radius 1 is 1.10 bits per heavy atom. The van der Waals surface area contributed by atoms with Crippen LogP contribution in [0.5, 0.6) is 0 Å². The summed E-state index contributed by atoms with van der Waals surface area (Å²) in [7, 11) is 0. The number of benzene rings is 1. The van der Waals surface area contributed by atoms with Gasteiger partial charge in [-0.15, -0.1) is 0 Å². The molecule has 3 N–H and O–H groups in total. The SMILES string of the molecule is Cc1cc(CCCc2ccccc2)oc(=O)c1C(=O)NCC(O)c1cccc(=O)[nH]1. The fraction of sp³-hybridized carbons (Fsp3) is 0.261. The van der Waals surface area contributed by atoms with E-state index in [-0.39, 0.29) is 23.4 Å². The average Bonchev–Trinajstić information content (AvgIpc) is 2.72. The number of carbonyl (C=O) groups is 1. The van der Waals surface area contributed by atoms with E-state index in [9.17, 15) is 19.5 Å². The third-order valence-electron chi connectivity index (χ3n) is 4.76. The molecule has 0 saturated carbocycles. The molecule has 2 heterocycles. The number of aryl methyl sites for hydroxylation is 3. The Bertz CT molecular complexity index is 1120. The van der Waals surface area contributed by atoms with E-state index >= 15 is 0 Å². The first-order valence-electron chi connectivity index (χ1n) is 9.77. The Balaban J connectivity index is 1.60. The van der Waals surface area contributed by atoms with Gasteiger partial charge in [0.15, 0.2) is 0 Å². The third kappa shape index (κ3) is 5.55. The highest BCUT2D eigenvalue weighted by Gasteiger charge is 2.18. The van der Waals surface area contributed by atoms with Crippen molar-refractivity contribution in [3.8, 4) is 0 Å². The summed E-state index contributed by atoms with van der Waals surface area (Å²) in [5, 5.41) is 12.6. The molecular formula is C23H24N2O5. The molecule has 0 bridgehead atoms. The van der Waals surface area contributed by atoms with Crippen LogP contribution in [0.25, 0.3) is 0 Å². The Labute approximate surface area is 173 Å². The van der Waals surface area contributed by atoms with E-state index in [4.69, 9.17) is 4.42 Å². The first-order valence-corrected chi connectivity index (χ1v) is 9.77. The molecule has 1 atom stereocenters. The maximum absolute atomic E-state index is 12.4. The first kappa shape index (κ1) is 21.3. The molecule has 0 aliphatic heterocycles. The van der Waals surface area contributed by atoms with Gasteiger partial charge in [0.1, 0.15) is 17.4 Å². The quantitative estimate of drug-likeness (QED) is 0.529. The van der Waals surface area contributed by atoms with Crippen molar-refractivity contribution < 1.29 is 14.3 Å². The van der Waals surface area contributed by atoms with Gasteiger partial charge in [-0.3, -0.25) is 9.59 Å². The number of pyridine rings is 1. The standard InChI is InChI=1S/C23H24N2O5/c1-15-13-17(10-5-9-16-7-3-2-4-8-16)30-23(29)21(15)22(28)24-14-19(26)18-11-6-12-20(27)25-18/h2-4,6-8,11-13,19,26H,5,9-10,14H2,1H3,(H,24,28)(H,25,27). The van der Waals surface area contributed by atoms with Crippen molar-refractivity contribution in [2.24, 2.45) is 0 Å². The minimum atomic E-state index is -1.10. The van der Waals surface area contributed by atoms with Gasteiger partial charge in [0.2, 0.25) is 5.56 Å². The topological polar surface area (TPSA) is 112 Å². The molecule has 0 spiro atoms. The highest BCUT2D eigenvalue weighted by Crippen LogP contribution is 2.12. The molecule has 0 fully saturated rings. The van der Waals surface area contributed by atoms with Gasteiger partial charge in [0.05, 0.1) is 0 Å². The number of aromatic nitrogens is 1. The summed E-state index contributed by atoms with van der Waals surface area (Å²) >= 11 is 0. The number of amides is 1. The van der Waals surface area contributed by atoms with Gasteiger partial charge in [0.25, 0.3) is 5.91 Å².